The smallest absolute Gasteiger partial charge is 0.348 e. The Morgan fingerprint density at radius 3 is 3.00 bits per heavy atom. The standard InChI is InChI=1S/C10H14N2O2S/c1-5(2)6-3-11-7-4-15-9(10(13)14)8(7)12-6/h4-6,11-12H,3H2,1-2H3,(H,13,14). The van der Waals surface area contributed by atoms with E-state index in [0.29, 0.717) is 16.8 Å². The summed E-state index contributed by atoms with van der Waals surface area (Å²) in [6, 6.07) is 0.296. The van der Waals surface area contributed by atoms with Gasteiger partial charge in [-0.2, -0.15) is 0 Å². The topological polar surface area (TPSA) is 61.4 Å². The van der Waals surface area contributed by atoms with Gasteiger partial charge in [-0.15, -0.1) is 11.3 Å². The Morgan fingerprint density at radius 1 is 1.67 bits per heavy atom. The van der Waals surface area contributed by atoms with E-state index in [4.69, 9.17) is 5.11 Å². The fourth-order valence-corrected chi connectivity index (χ4v) is 2.47. The molecular formula is C10H14N2O2S. The zero-order valence-corrected chi connectivity index (χ0v) is 9.52. The molecule has 2 rings (SSSR count). The van der Waals surface area contributed by atoms with Gasteiger partial charge in [-0.3, -0.25) is 0 Å². The van der Waals surface area contributed by atoms with Crippen LogP contribution in [0.3, 0.4) is 0 Å². The molecule has 15 heavy (non-hydrogen) atoms. The molecule has 0 spiro atoms. The summed E-state index contributed by atoms with van der Waals surface area (Å²) >= 11 is 1.26. The monoisotopic (exact) mass is 226 g/mol. The van der Waals surface area contributed by atoms with Crippen LogP contribution in [0.15, 0.2) is 5.38 Å². The molecule has 0 saturated carbocycles. The number of carboxylic acid groups (broad SMARTS) is 1. The van der Waals surface area contributed by atoms with Crippen LogP contribution in [-0.4, -0.2) is 23.7 Å². The summed E-state index contributed by atoms with van der Waals surface area (Å²) < 4.78 is 0. The molecule has 82 valence electrons. The zero-order valence-electron chi connectivity index (χ0n) is 8.70. The maximum Gasteiger partial charge on any atom is 0.348 e. The zero-order chi connectivity index (χ0) is 11.0. The van der Waals surface area contributed by atoms with Crippen LogP contribution in [0.25, 0.3) is 0 Å². The highest BCUT2D eigenvalue weighted by Crippen LogP contribution is 2.36. The maximum atomic E-state index is 11.0. The predicted octanol–water partition coefficient (Wildman–Crippen LogP) is 2.31. The summed E-state index contributed by atoms with van der Waals surface area (Å²) in [6.45, 7) is 5.09. The van der Waals surface area contributed by atoms with Crippen molar-refractivity contribution >= 4 is 28.7 Å². The van der Waals surface area contributed by atoms with Gasteiger partial charge in [0.1, 0.15) is 4.88 Å². The number of aromatic carboxylic acids is 1. The average molecular weight is 226 g/mol. The van der Waals surface area contributed by atoms with E-state index in [0.717, 1.165) is 17.9 Å². The highest BCUT2D eigenvalue weighted by molar-refractivity contribution is 7.13. The van der Waals surface area contributed by atoms with Crippen molar-refractivity contribution in [3.63, 3.8) is 0 Å². The molecule has 1 aliphatic rings. The lowest BCUT2D eigenvalue weighted by molar-refractivity contribution is 0.0703. The third-order valence-electron chi connectivity index (χ3n) is 2.63. The molecule has 0 bridgehead atoms. The predicted molar refractivity (Wildman–Crippen MR) is 62.0 cm³/mol. The van der Waals surface area contributed by atoms with Gasteiger partial charge in [0, 0.05) is 18.0 Å². The average Bonchev–Trinajstić information content (AvgIpc) is 2.59. The molecule has 1 aromatic rings. The van der Waals surface area contributed by atoms with Crippen molar-refractivity contribution in [1.82, 2.24) is 0 Å². The molecule has 0 radical (unpaired) electrons. The van der Waals surface area contributed by atoms with Crippen molar-refractivity contribution in [1.29, 1.82) is 0 Å². The summed E-state index contributed by atoms with van der Waals surface area (Å²) in [5, 5.41) is 17.4. The van der Waals surface area contributed by atoms with Gasteiger partial charge in [0.15, 0.2) is 0 Å². The molecule has 0 fully saturated rings. The van der Waals surface area contributed by atoms with Gasteiger partial charge in [-0.25, -0.2) is 4.79 Å². The van der Waals surface area contributed by atoms with Gasteiger partial charge >= 0.3 is 5.97 Å². The minimum atomic E-state index is -0.861. The van der Waals surface area contributed by atoms with Crippen molar-refractivity contribution in [2.24, 2.45) is 5.92 Å². The quantitative estimate of drug-likeness (QED) is 0.724. The molecule has 0 amide bonds. The third-order valence-corrected chi connectivity index (χ3v) is 3.60. The summed E-state index contributed by atoms with van der Waals surface area (Å²) in [6.07, 6.45) is 0. The number of hydrogen-bond acceptors (Lipinski definition) is 4. The second-order valence-corrected chi connectivity index (χ2v) is 4.91. The lowest BCUT2D eigenvalue weighted by atomic mass is 10.0. The minimum Gasteiger partial charge on any atom is -0.477 e. The van der Waals surface area contributed by atoms with Crippen molar-refractivity contribution in [2.45, 2.75) is 19.9 Å². The fraction of sp³-hybridized carbons (Fsp3) is 0.500. The normalized spacial score (nSPS) is 19.3. The summed E-state index contributed by atoms with van der Waals surface area (Å²) in [7, 11) is 0. The van der Waals surface area contributed by atoms with Gasteiger partial charge in [0.05, 0.1) is 11.4 Å². The van der Waals surface area contributed by atoms with E-state index in [1.54, 1.807) is 0 Å². The lowest BCUT2D eigenvalue weighted by Gasteiger charge is -2.29. The molecule has 0 aromatic carbocycles. The van der Waals surface area contributed by atoms with E-state index in [1.807, 2.05) is 5.38 Å². The van der Waals surface area contributed by atoms with E-state index in [9.17, 15) is 4.79 Å². The highest BCUT2D eigenvalue weighted by atomic mass is 32.1. The first-order valence-corrected chi connectivity index (χ1v) is 5.82. The molecule has 1 aliphatic heterocycles. The molecule has 4 nitrogen and oxygen atoms in total. The molecule has 3 N–H and O–H groups in total. The second-order valence-electron chi connectivity index (χ2n) is 4.03. The van der Waals surface area contributed by atoms with Gasteiger partial charge in [-0.1, -0.05) is 13.8 Å². The number of hydrogen-bond donors (Lipinski definition) is 3. The van der Waals surface area contributed by atoms with Crippen molar-refractivity contribution in [3.8, 4) is 0 Å². The number of carbonyl (C=O) groups is 1. The minimum absolute atomic E-state index is 0.296. The van der Waals surface area contributed by atoms with Crippen molar-refractivity contribution in [3.05, 3.63) is 10.3 Å². The van der Waals surface area contributed by atoms with Gasteiger partial charge < -0.3 is 15.7 Å². The van der Waals surface area contributed by atoms with Gasteiger partial charge in [0.2, 0.25) is 0 Å². The van der Waals surface area contributed by atoms with Crippen LogP contribution >= 0.6 is 11.3 Å². The van der Waals surface area contributed by atoms with E-state index in [-0.39, 0.29) is 0 Å². The largest absolute Gasteiger partial charge is 0.477 e. The van der Waals surface area contributed by atoms with Crippen LogP contribution in [-0.2, 0) is 0 Å². The first kappa shape index (κ1) is 10.3. The lowest BCUT2D eigenvalue weighted by Crippen LogP contribution is -2.37. The summed E-state index contributed by atoms with van der Waals surface area (Å²) in [5.74, 6) is -0.382. The number of anilines is 2. The van der Waals surface area contributed by atoms with Crippen LogP contribution in [0.1, 0.15) is 23.5 Å². The Hall–Kier alpha value is -1.23. The summed E-state index contributed by atoms with van der Waals surface area (Å²) in [4.78, 5) is 11.3. The number of thiophene rings is 1. The van der Waals surface area contributed by atoms with Crippen LogP contribution in [0.2, 0.25) is 0 Å². The van der Waals surface area contributed by atoms with Crippen molar-refractivity contribution < 1.29 is 9.90 Å². The Bertz CT molecular complexity index is 387. The Morgan fingerprint density at radius 2 is 2.40 bits per heavy atom. The Kier molecular flexibility index (Phi) is 2.56. The fourth-order valence-electron chi connectivity index (χ4n) is 1.65. The SMILES string of the molecule is CC(C)C1CNc2csc(C(=O)O)c2N1. The number of rotatable bonds is 2. The molecule has 1 atom stereocenters. The van der Waals surface area contributed by atoms with E-state index < -0.39 is 5.97 Å². The second kappa shape index (κ2) is 3.73. The Balaban J connectivity index is 2.30. The van der Waals surface area contributed by atoms with Gasteiger partial charge in [0.25, 0.3) is 0 Å². The molecule has 1 unspecified atom stereocenters. The van der Waals surface area contributed by atoms with Crippen LogP contribution in [0.4, 0.5) is 11.4 Å². The van der Waals surface area contributed by atoms with Crippen LogP contribution < -0.4 is 10.6 Å². The summed E-state index contributed by atoms with van der Waals surface area (Å²) in [5.41, 5.74) is 1.66. The number of nitrogens with one attached hydrogen (secondary N) is 2. The molecule has 0 aliphatic carbocycles. The first-order valence-electron chi connectivity index (χ1n) is 4.94. The molecule has 0 saturated heterocycles. The molecule has 1 aromatic heterocycles. The number of fused-ring (bicyclic) bond motifs is 1. The van der Waals surface area contributed by atoms with E-state index >= 15 is 0 Å². The van der Waals surface area contributed by atoms with E-state index in [2.05, 4.69) is 24.5 Å². The van der Waals surface area contributed by atoms with Crippen LogP contribution in [0.5, 0.6) is 0 Å². The first-order chi connectivity index (χ1) is 7.09. The third kappa shape index (κ3) is 1.79. The number of carboxylic acids is 1. The van der Waals surface area contributed by atoms with Gasteiger partial charge in [-0.05, 0) is 5.92 Å². The molecule has 5 heteroatoms. The highest BCUT2D eigenvalue weighted by Gasteiger charge is 2.25. The van der Waals surface area contributed by atoms with E-state index in [1.165, 1.54) is 11.3 Å². The van der Waals surface area contributed by atoms with Crippen molar-refractivity contribution in [2.75, 3.05) is 17.2 Å². The molecular weight excluding hydrogens is 212 g/mol. The Labute approximate surface area is 92.3 Å². The van der Waals surface area contributed by atoms with Crippen LogP contribution in [0, 0.1) is 5.92 Å². The molecule has 2 heterocycles. The maximum absolute atomic E-state index is 11.0.